The first-order chi connectivity index (χ1) is 11.3. The van der Waals surface area contributed by atoms with Crippen molar-refractivity contribution in [1.82, 2.24) is 9.78 Å². The highest BCUT2D eigenvalue weighted by Gasteiger charge is 2.47. The molecular weight excluding hydrogens is 327 g/mol. The Balaban J connectivity index is 2.05. The molecular formula is C15H13F3N3O3-. The predicted molar refractivity (Wildman–Crippen MR) is 75.6 cm³/mol. The molecule has 0 spiro atoms. The van der Waals surface area contributed by atoms with Gasteiger partial charge in [0, 0.05) is 6.42 Å². The Kier molecular flexibility index (Phi) is 3.86. The number of aromatic carboxylic acids is 1. The number of fused-ring (bicyclic) bond motifs is 1. The maximum absolute atomic E-state index is 13.4. The Bertz CT molecular complexity index is 773. The fraction of sp³-hybridized carbons (Fsp3) is 0.333. The molecule has 2 atom stereocenters. The number of ether oxygens (including phenoxy) is 1. The number of halogens is 3. The lowest BCUT2D eigenvalue weighted by molar-refractivity contribution is -0.255. The molecule has 1 aromatic heterocycles. The van der Waals surface area contributed by atoms with Crippen molar-refractivity contribution in [2.24, 2.45) is 0 Å². The molecule has 2 heterocycles. The molecule has 1 N–H and O–H groups in total. The topological polar surface area (TPSA) is 79.2 Å². The summed E-state index contributed by atoms with van der Waals surface area (Å²) in [4.78, 5) is 11.1. The summed E-state index contributed by atoms with van der Waals surface area (Å²) < 4.78 is 45.9. The molecule has 1 aliphatic heterocycles. The standard InChI is InChI=1S/C15H14F3N3O3/c1-24-9-4-2-3-8(5-9)11-6-12(15(16,17)18)21-13(20-11)10(7-19-21)14(22)23/h2-5,7,11-12,20H,6H2,1H3,(H,22,23)/p-1/t11-,12+/m0/s1. The first kappa shape index (κ1) is 16.2. The average molecular weight is 340 g/mol. The van der Waals surface area contributed by atoms with E-state index in [1.54, 1.807) is 24.3 Å². The zero-order chi connectivity index (χ0) is 17.5. The quantitative estimate of drug-likeness (QED) is 0.923. The number of aromatic nitrogens is 2. The summed E-state index contributed by atoms with van der Waals surface area (Å²) in [5, 5.41) is 17.5. The molecule has 0 saturated carbocycles. The number of methoxy groups -OCH3 is 1. The van der Waals surface area contributed by atoms with Crippen LogP contribution in [0, 0.1) is 0 Å². The molecule has 0 saturated heterocycles. The van der Waals surface area contributed by atoms with Crippen molar-refractivity contribution in [1.29, 1.82) is 0 Å². The van der Waals surface area contributed by atoms with Crippen LogP contribution in [0.25, 0.3) is 0 Å². The van der Waals surface area contributed by atoms with Gasteiger partial charge in [0.15, 0.2) is 6.04 Å². The van der Waals surface area contributed by atoms with Gasteiger partial charge in [-0.25, -0.2) is 4.68 Å². The van der Waals surface area contributed by atoms with Crippen LogP contribution in [0.2, 0.25) is 0 Å². The number of nitrogens with zero attached hydrogens (tertiary/aromatic N) is 2. The van der Waals surface area contributed by atoms with E-state index in [2.05, 4.69) is 10.4 Å². The van der Waals surface area contributed by atoms with E-state index in [0.717, 1.165) is 6.20 Å². The lowest BCUT2D eigenvalue weighted by Crippen LogP contribution is -2.36. The first-order valence-electron chi connectivity index (χ1n) is 7.07. The largest absolute Gasteiger partial charge is 0.545 e. The van der Waals surface area contributed by atoms with E-state index in [0.29, 0.717) is 16.0 Å². The number of anilines is 1. The number of rotatable bonds is 3. The molecule has 0 amide bonds. The summed E-state index contributed by atoms with van der Waals surface area (Å²) >= 11 is 0. The second kappa shape index (κ2) is 5.73. The zero-order valence-electron chi connectivity index (χ0n) is 12.5. The highest BCUT2D eigenvalue weighted by molar-refractivity contribution is 5.91. The van der Waals surface area contributed by atoms with Gasteiger partial charge in [-0.2, -0.15) is 18.3 Å². The third-order valence-electron chi connectivity index (χ3n) is 3.95. The number of hydrogen-bond acceptors (Lipinski definition) is 5. The van der Waals surface area contributed by atoms with Crippen LogP contribution in [0.5, 0.6) is 5.75 Å². The number of carbonyl (C=O) groups excluding carboxylic acids is 1. The molecule has 0 fully saturated rings. The molecule has 128 valence electrons. The minimum Gasteiger partial charge on any atom is -0.545 e. The van der Waals surface area contributed by atoms with Crippen molar-refractivity contribution in [3.8, 4) is 5.75 Å². The van der Waals surface area contributed by atoms with E-state index in [-0.39, 0.29) is 12.2 Å². The Morgan fingerprint density at radius 2 is 2.21 bits per heavy atom. The van der Waals surface area contributed by atoms with Crippen LogP contribution in [0.4, 0.5) is 19.0 Å². The van der Waals surface area contributed by atoms with Crippen molar-refractivity contribution in [3.05, 3.63) is 41.6 Å². The van der Waals surface area contributed by atoms with Gasteiger partial charge in [0.2, 0.25) is 0 Å². The van der Waals surface area contributed by atoms with E-state index < -0.39 is 29.8 Å². The molecule has 6 nitrogen and oxygen atoms in total. The summed E-state index contributed by atoms with van der Waals surface area (Å²) in [6.45, 7) is 0. The van der Waals surface area contributed by atoms with Crippen LogP contribution >= 0.6 is 0 Å². The molecule has 24 heavy (non-hydrogen) atoms. The molecule has 9 heteroatoms. The number of hydrogen-bond donors (Lipinski definition) is 1. The number of carboxylic acids is 1. The normalized spacial score (nSPS) is 20.2. The Morgan fingerprint density at radius 3 is 2.83 bits per heavy atom. The van der Waals surface area contributed by atoms with Gasteiger partial charge >= 0.3 is 6.18 Å². The fourth-order valence-corrected chi connectivity index (χ4v) is 2.79. The lowest BCUT2D eigenvalue weighted by atomic mass is 9.96. The summed E-state index contributed by atoms with van der Waals surface area (Å²) in [7, 11) is 1.45. The van der Waals surface area contributed by atoms with Crippen LogP contribution in [0.3, 0.4) is 0 Å². The molecule has 2 aromatic rings. The summed E-state index contributed by atoms with van der Waals surface area (Å²) in [5.74, 6) is -1.30. The zero-order valence-corrected chi connectivity index (χ0v) is 12.5. The molecule has 0 bridgehead atoms. The third-order valence-corrected chi connectivity index (χ3v) is 3.95. The fourth-order valence-electron chi connectivity index (χ4n) is 2.79. The second-order valence-electron chi connectivity index (χ2n) is 5.41. The third kappa shape index (κ3) is 2.77. The second-order valence-corrected chi connectivity index (χ2v) is 5.41. The number of benzene rings is 1. The van der Waals surface area contributed by atoms with E-state index in [1.807, 2.05) is 0 Å². The van der Waals surface area contributed by atoms with Gasteiger partial charge in [-0.3, -0.25) is 0 Å². The monoisotopic (exact) mass is 340 g/mol. The minimum atomic E-state index is -4.57. The molecule has 0 radical (unpaired) electrons. The Hall–Kier alpha value is -2.71. The number of carboxylic acid groups (broad SMARTS) is 1. The van der Waals surface area contributed by atoms with Crippen molar-refractivity contribution in [2.45, 2.75) is 24.7 Å². The van der Waals surface area contributed by atoms with E-state index in [4.69, 9.17) is 4.74 Å². The van der Waals surface area contributed by atoms with Gasteiger partial charge in [-0.1, -0.05) is 12.1 Å². The van der Waals surface area contributed by atoms with E-state index >= 15 is 0 Å². The van der Waals surface area contributed by atoms with Crippen LogP contribution < -0.4 is 15.2 Å². The first-order valence-corrected chi connectivity index (χ1v) is 7.07. The van der Waals surface area contributed by atoms with Crippen molar-refractivity contribution >= 4 is 11.8 Å². The van der Waals surface area contributed by atoms with Gasteiger partial charge in [0.25, 0.3) is 0 Å². The van der Waals surface area contributed by atoms with E-state index in [1.165, 1.54) is 7.11 Å². The highest BCUT2D eigenvalue weighted by Crippen LogP contribution is 2.44. The summed E-state index contributed by atoms with van der Waals surface area (Å²) in [6.07, 6.45) is -4.02. The average Bonchev–Trinajstić information content (AvgIpc) is 2.97. The number of nitrogens with one attached hydrogen (secondary N) is 1. The van der Waals surface area contributed by atoms with Crippen molar-refractivity contribution < 1.29 is 27.8 Å². The van der Waals surface area contributed by atoms with Gasteiger partial charge in [-0.15, -0.1) is 0 Å². The summed E-state index contributed by atoms with van der Waals surface area (Å²) in [6, 6.07) is 3.91. The van der Waals surface area contributed by atoms with Gasteiger partial charge in [0.1, 0.15) is 11.6 Å². The predicted octanol–water partition coefficient (Wildman–Crippen LogP) is 1.92. The maximum atomic E-state index is 13.4. The maximum Gasteiger partial charge on any atom is 0.410 e. The van der Waals surface area contributed by atoms with Crippen LogP contribution in [-0.2, 0) is 0 Å². The molecule has 1 aliphatic rings. The van der Waals surface area contributed by atoms with Gasteiger partial charge in [0.05, 0.1) is 30.9 Å². The highest BCUT2D eigenvalue weighted by atomic mass is 19.4. The molecule has 1 aromatic carbocycles. The van der Waals surface area contributed by atoms with Gasteiger partial charge in [-0.05, 0) is 17.7 Å². The number of alkyl halides is 3. The SMILES string of the molecule is COc1cccc([C@@H]2C[C@H](C(F)(F)F)n3ncc(C(=O)[O-])c3N2)c1. The molecule has 0 aliphatic carbocycles. The Morgan fingerprint density at radius 1 is 1.46 bits per heavy atom. The lowest BCUT2D eigenvalue weighted by Gasteiger charge is -2.34. The van der Waals surface area contributed by atoms with Crippen LogP contribution in [-0.4, -0.2) is 29.0 Å². The smallest absolute Gasteiger partial charge is 0.410 e. The minimum absolute atomic E-state index is 0.212. The van der Waals surface area contributed by atoms with Crippen LogP contribution in [0.1, 0.15) is 34.4 Å². The Labute approximate surface area is 134 Å². The number of carbonyl (C=O) groups is 1. The van der Waals surface area contributed by atoms with E-state index in [9.17, 15) is 23.1 Å². The van der Waals surface area contributed by atoms with Gasteiger partial charge < -0.3 is 20.0 Å². The summed E-state index contributed by atoms with van der Waals surface area (Å²) in [5.41, 5.74) is 0.150. The molecule has 3 rings (SSSR count). The molecule has 0 unspecified atom stereocenters. The van der Waals surface area contributed by atoms with Crippen molar-refractivity contribution in [3.63, 3.8) is 0 Å². The van der Waals surface area contributed by atoms with Crippen LogP contribution in [0.15, 0.2) is 30.5 Å². The van der Waals surface area contributed by atoms with Crippen molar-refractivity contribution in [2.75, 3.05) is 12.4 Å².